The summed E-state index contributed by atoms with van der Waals surface area (Å²) < 4.78 is 11.2. The highest BCUT2D eigenvalue weighted by molar-refractivity contribution is 7.84. The van der Waals surface area contributed by atoms with E-state index in [0.29, 0.717) is 12.1 Å². The summed E-state index contributed by atoms with van der Waals surface area (Å²) in [6.07, 6.45) is 8.48. The fourth-order valence-electron chi connectivity index (χ4n) is 3.52. The van der Waals surface area contributed by atoms with Crippen LogP contribution in [0.3, 0.4) is 0 Å². The molecule has 0 bridgehead atoms. The average Bonchev–Trinajstić information content (AvgIpc) is 2.84. The minimum Gasteiger partial charge on any atom is -0.314 e. The quantitative estimate of drug-likeness (QED) is 0.780. The van der Waals surface area contributed by atoms with Crippen molar-refractivity contribution in [3.8, 4) is 0 Å². The molecule has 0 spiro atoms. The highest BCUT2D eigenvalue weighted by atomic mass is 32.2. The van der Waals surface area contributed by atoms with Gasteiger partial charge in [-0.15, -0.1) is 0 Å². The highest BCUT2D eigenvalue weighted by Gasteiger charge is 2.35. The Kier molecular flexibility index (Phi) is 5.00. The summed E-state index contributed by atoms with van der Waals surface area (Å²) in [7, 11) is -0.687. The zero-order valence-corrected chi connectivity index (χ0v) is 11.9. The predicted molar refractivity (Wildman–Crippen MR) is 73.7 cm³/mol. The molecule has 0 amide bonds. The molecule has 2 fully saturated rings. The maximum Gasteiger partial charge on any atom is 0.0383 e. The van der Waals surface area contributed by atoms with Gasteiger partial charge in [0.1, 0.15) is 0 Å². The smallest absolute Gasteiger partial charge is 0.0383 e. The van der Waals surface area contributed by atoms with Gasteiger partial charge in [0, 0.05) is 40.9 Å². The molecule has 0 aromatic rings. The van der Waals surface area contributed by atoms with Crippen LogP contribution >= 0.6 is 0 Å². The summed E-state index contributed by atoms with van der Waals surface area (Å²) in [5, 5.41) is 7.35. The Bertz CT molecular complexity index is 266. The molecule has 0 aromatic heterocycles. The fraction of sp³-hybridized carbons (Fsp3) is 1.00. The second-order valence-electron chi connectivity index (χ2n) is 5.71. The Morgan fingerprint density at radius 1 is 1.35 bits per heavy atom. The topological polar surface area (TPSA) is 41.1 Å². The van der Waals surface area contributed by atoms with Crippen LogP contribution in [0.5, 0.6) is 0 Å². The molecule has 5 atom stereocenters. The summed E-state index contributed by atoms with van der Waals surface area (Å²) in [6.45, 7) is 3.36. The number of hydrogen-bond acceptors (Lipinski definition) is 3. The van der Waals surface area contributed by atoms with Gasteiger partial charge in [0.2, 0.25) is 0 Å². The van der Waals surface area contributed by atoms with Gasteiger partial charge in [0.25, 0.3) is 0 Å². The van der Waals surface area contributed by atoms with Crippen molar-refractivity contribution in [2.24, 2.45) is 5.92 Å². The van der Waals surface area contributed by atoms with E-state index >= 15 is 0 Å². The lowest BCUT2D eigenvalue weighted by atomic mass is 9.93. The van der Waals surface area contributed by atoms with Crippen LogP contribution in [0.2, 0.25) is 0 Å². The lowest BCUT2D eigenvalue weighted by Gasteiger charge is -2.29. The van der Waals surface area contributed by atoms with Crippen LogP contribution in [-0.4, -0.2) is 40.9 Å². The molecule has 17 heavy (non-hydrogen) atoms. The summed E-state index contributed by atoms with van der Waals surface area (Å²) in [4.78, 5) is 0. The third-order valence-corrected chi connectivity index (χ3v) is 5.14. The highest BCUT2D eigenvalue weighted by Crippen LogP contribution is 2.32. The van der Waals surface area contributed by atoms with E-state index in [1.54, 1.807) is 6.26 Å². The number of nitrogens with one attached hydrogen (secondary N) is 2. The van der Waals surface area contributed by atoms with Gasteiger partial charge in [-0.1, -0.05) is 6.42 Å². The Labute approximate surface area is 108 Å². The maximum atomic E-state index is 11.2. The standard InChI is InChI=1S/C13H26N2OS/c1-10(9-17(2)16)15-13-6-3-5-11(13)12-7-4-8-14-12/h10-15H,3-9H2,1-2H3. The van der Waals surface area contributed by atoms with Crippen LogP contribution in [0.25, 0.3) is 0 Å². The largest absolute Gasteiger partial charge is 0.314 e. The minimum absolute atomic E-state index is 0.382. The van der Waals surface area contributed by atoms with Crippen molar-refractivity contribution >= 4 is 10.8 Å². The van der Waals surface area contributed by atoms with Crippen LogP contribution in [0.4, 0.5) is 0 Å². The van der Waals surface area contributed by atoms with Gasteiger partial charge in [0.15, 0.2) is 0 Å². The van der Waals surface area contributed by atoms with E-state index in [0.717, 1.165) is 17.7 Å². The van der Waals surface area contributed by atoms with Gasteiger partial charge in [0.05, 0.1) is 0 Å². The minimum atomic E-state index is -0.687. The van der Waals surface area contributed by atoms with E-state index in [9.17, 15) is 4.21 Å². The van der Waals surface area contributed by atoms with Gasteiger partial charge in [-0.2, -0.15) is 0 Å². The monoisotopic (exact) mass is 258 g/mol. The molecule has 1 saturated carbocycles. The van der Waals surface area contributed by atoms with E-state index in [1.807, 2.05) is 0 Å². The third-order valence-electron chi connectivity index (χ3n) is 4.17. The normalized spacial score (nSPS) is 37.2. The second kappa shape index (κ2) is 6.30. The first-order valence-corrected chi connectivity index (χ1v) is 8.69. The molecule has 1 heterocycles. The van der Waals surface area contributed by atoms with E-state index < -0.39 is 10.8 Å². The number of hydrogen-bond donors (Lipinski definition) is 2. The Hall–Kier alpha value is 0.0700. The molecule has 3 nitrogen and oxygen atoms in total. The summed E-state index contributed by atoms with van der Waals surface area (Å²) in [5.41, 5.74) is 0. The Morgan fingerprint density at radius 2 is 2.18 bits per heavy atom. The molecule has 1 saturated heterocycles. The Morgan fingerprint density at radius 3 is 2.82 bits per heavy atom. The summed E-state index contributed by atoms with van der Waals surface area (Å²) in [6, 6.07) is 1.76. The summed E-state index contributed by atoms with van der Waals surface area (Å²) >= 11 is 0. The summed E-state index contributed by atoms with van der Waals surface area (Å²) in [5.74, 6) is 1.58. The maximum absolute atomic E-state index is 11.2. The zero-order chi connectivity index (χ0) is 12.3. The van der Waals surface area contributed by atoms with Gasteiger partial charge >= 0.3 is 0 Å². The zero-order valence-electron chi connectivity index (χ0n) is 11.1. The van der Waals surface area contributed by atoms with Crippen molar-refractivity contribution in [1.82, 2.24) is 10.6 Å². The van der Waals surface area contributed by atoms with Gasteiger partial charge in [-0.3, -0.25) is 4.21 Å². The average molecular weight is 258 g/mol. The Balaban J connectivity index is 1.84. The van der Waals surface area contributed by atoms with Crippen molar-refractivity contribution in [3.05, 3.63) is 0 Å². The van der Waals surface area contributed by atoms with Crippen molar-refractivity contribution in [2.45, 2.75) is 57.2 Å². The first kappa shape index (κ1) is 13.5. The van der Waals surface area contributed by atoms with Crippen molar-refractivity contribution in [2.75, 3.05) is 18.6 Å². The molecule has 0 aromatic carbocycles. The van der Waals surface area contributed by atoms with E-state index in [-0.39, 0.29) is 0 Å². The first-order chi connectivity index (χ1) is 8.16. The molecular formula is C13H26N2OS. The third kappa shape index (κ3) is 3.76. The van der Waals surface area contributed by atoms with Crippen molar-refractivity contribution in [1.29, 1.82) is 0 Å². The lowest BCUT2D eigenvalue weighted by Crippen LogP contribution is -2.46. The van der Waals surface area contributed by atoms with Gasteiger partial charge in [-0.25, -0.2) is 0 Å². The van der Waals surface area contributed by atoms with Crippen LogP contribution in [0.1, 0.15) is 39.0 Å². The first-order valence-electron chi connectivity index (χ1n) is 6.96. The second-order valence-corrected chi connectivity index (χ2v) is 7.19. The number of rotatable bonds is 5. The molecule has 0 radical (unpaired) electrons. The molecule has 2 aliphatic rings. The SMILES string of the molecule is CC(CS(C)=O)NC1CCCC1C1CCCN1. The van der Waals surface area contributed by atoms with E-state index in [2.05, 4.69) is 17.6 Å². The molecular weight excluding hydrogens is 232 g/mol. The fourth-order valence-corrected chi connectivity index (χ4v) is 4.32. The van der Waals surface area contributed by atoms with Crippen LogP contribution < -0.4 is 10.6 Å². The van der Waals surface area contributed by atoms with Gasteiger partial charge in [-0.05, 0) is 45.1 Å². The van der Waals surface area contributed by atoms with Crippen LogP contribution in [0.15, 0.2) is 0 Å². The lowest BCUT2D eigenvalue weighted by molar-refractivity contribution is 0.308. The molecule has 2 rings (SSSR count). The molecule has 1 aliphatic heterocycles. The molecule has 4 heteroatoms. The van der Waals surface area contributed by atoms with Crippen molar-refractivity contribution < 1.29 is 4.21 Å². The van der Waals surface area contributed by atoms with Crippen LogP contribution in [0, 0.1) is 5.92 Å². The van der Waals surface area contributed by atoms with E-state index in [1.165, 1.54) is 38.6 Å². The predicted octanol–water partition coefficient (Wildman–Crippen LogP) is 1.26. The molecule has 2 N–H and O–H groups in total. The van der Waals surface area contributed by atoms with Gasteiger partial charge < -0.3 is 10.6 Å². The molecule has 100 valence electrons. The van der Waals surface area contributed by atoms with Crippen molar-refractivity contribution in [3.63, 3.8) is 0 Å². The van der Waals surface area contributed by atoms with E-state index in [4.69, 9.17) is 0 Å². The molecule has 1 aliphatic carbocycles. The van der Waals surface area contributed by atoms with Crippen LogP contribution in [-0.2, 0) is 10.8 Å². The molecule has 5 unspecified atom stereocenters.